The summed E-state index contributed by atoms with van der Waals surface area (Å²) < 4.78 is 16.4. The number of hydrogen-bond donors (Lipinski definition) is 3. The maximum atomic E-state index is 13.4. The average molecular weight is 582 g/mol. The van der Waals surface area contributed by atoms with Crippen molar-refractivity contribution in [3.05, 3.63) is 41.7 Å². The van der Waals surface area contributed by atoms with E-state index in [1.165, 1.54) is 27.5 Å². The number of hydrogen-bond acceptors (Lipinski definition) is 8. The number of rotatable bonds is 6. The van der Waals surface area contributed by atoms with Crippen molar-refractivity contribution >= 4 is 23.6 Å². The van der Waals surface area contributed by atoms with E-state index in [1.807, 2.05) is 19.9 Å². The molecule has 1 fully saturated rings. The second kappa shape index (κ2) is 13.2. The van der Waals surface area contributed by atoms with Crippen molar-refractivity contribution in [2.45, 2.75) is 51.2 Å². The number of aromatic nitrogens is 1. The van der Waals surface area contributed by atoms with Gasteiger partial charge in [0.05, 0.1) is 19.8 Å². The Kier molecular flexibility index (Phi) is 9.66. The number of carbonyl (C=O) groups is 4. The molecule has 1 spiro atoms. The Hall–Kier alpha value is -4.19. The summed E-state index contributed by atoms with van der Waals surface area (Å²) in [6.07, 6.45) is 4.36. The fourth-order valence-electron chi connectivity index (χ4n) is 5.03. The van der Waals surface area contributed by atoms with Gasteiger partial charge in [-0.3, -0.25) is 24.2 Å². The summed E-state index contributed by atoms with van der Waals surface area (Å²) in [6, 6.07) is 4.50. The van der Waals surface area contributed by atoms with Crippen molar-refractivity contribution in [2.75, 3.05) is 41.0 Å². The summed E-state index contributed by atoms with van der Waals surface area (Å²) in [5.74, 6) is -0.487. The molecule has 2 heterocycles. The predicted octanol–water partition coefficient (Wildman–Crippen LogP) is 1.66. The molecule has 42 heavy (non-hydrogen) atoms. The van der Waals surface area contributed by atoms with Crippen molar-refractivity contribution in [2.24, 2.45) is 5.92 Å². The van der Waals surface area contributed by atoms with Crippen molar-refractivity contribution < 1.29 is 33.4 Å². The third-order valence-corrected chi connectivity index (χ3v) is 7.39. The summed E-state index contributed by atoms with van der Waals surface area (Å²) in [7, 11) is 4.48. The third-order valence-electron chi connectivity index (χ3n) is 7.39. The first-order valence-electron chi connectivity index (χ1n) is 14.0. The second-order valence-corrected chi connectivity index (χ2v) is 11.1. The number of fused-ring (bicyclic) bond motifs is 5. The highest BCUT2D eigenvalue weighted by molar-refractivity contribution is 6.02. The lowest BCUT2D eigenvalue weighted by molar-refractivity contribution is -0.136. The summed E-state index contributed by atoms with van der Waals surface area (Å²) in [4.78, 5) is 58.8. The van der Waals surface area contributed by atoms with E-state index in [0.717, 1.165) is 5.56 Å². The van der Waals surface area contributed by atoms with Crippen LogP contribution in [0.1, 0.15) is 49.0 Å². The van der Waals surface area contributed by atoms with E-state index in [9.17, 15) is 19.2 Å². The van der Waals surface area contributed by atoms with Crippen LogP contribution < -0.4 is 25.4 Å². The van der Waals surface area contributed by atoms with E-state index in [1.54, 1.807) is 23.2 Å². The molecule has 1 aliphatic carbocycles. The molecule has 0 radical (unpaired) electrons. The number of ether oxygens (including phenoxy) is 3. The van der Waals surface area contributed by atoms with Crippen molar-refractivity contribution in [1.29, 1.82) is 0 Å². The Labute approximate surface area is 245 Å². The van der Waals surface area contributed by atoms with Crippen LogP contribution >= 0.6 is 0 Å². The fraction of sp³-hybridized carbons (Fsp3) is 0.500. The van der Waals surface area contributed by atoms with Gasteiger partial charge >= 0.3 is 0 Å². The van der Waals surface area contributed by atoms with E-state index in [-0.39, 0.29) is 49.5 Å². The smallest absolute Gasteiger partial charge is 0.253 e. The molecular formula is C30H39N5O7. The molecule has 1 saturated carbocycles. The molecule has 4 bridgehead atoms. The number of nitrogens with zero attached hydrogens (tertiary/aromatic N) is 2. The molecule has 12 heteroatoms. The fourth-order valence-corrected chi connectivity index (χ4v) is 5.03. The largest absolute Gasteiger partial charge is 0.493 e. The van der Waals surface area contributed by atoms with Gasteiger partial charge in [-0.15, -0.1) is 0 Å². The van der Waals surface area contributed by atoms with Gasteiger partial charge < -0.3 is 35.1 Å². The first-order valence-corrected chi connectivity index (χ1v) is 14.0. The van der Waals surface area contributed by atoms with Gasteiger partial charge in [-0.1, -0.05) is 13.8 Å². The molecule has 0 unspecified atom stereocenters. The van der Waals surface area contributed by atoms with Crippen molar-refractivity contribution in [1.82, 2.24) is 25.8 Å². The molecule has 12 nitrogen and oxygen atoms in total. The van der Waals surface area contributed by atoms with E-state index >= 15 is 0 Å². The van der Waals surface area contributed by atoms with Gasteiger partial charge in [-0.2, -0.15) is 0 Å². The maximum Gasteiger partial charge on any atom is 0.253 e. The van der Waals surface area contributed by atoms with Crippen LogP contribution in [0, 0.1) is 5.92 Å². The minimum absolute atomic E-state index is 0.122. The Morgan fingerprint density at radius 3 is 2.45 bits per heavy atom. The quantitative estimate of drug-likeness (QED) is 0.467. The average Bonchev–Trinajstić information content (AvgIpc) is 3.75. The molecule has 1 aliphatic heterocycles. The third kappa shape index (κ3) is 6.99. The number of amides is 4. The molecule has 3 N–H and O–H groups in total. The lowest BCUT2D eigenvalue weighted by Crippen LogP contribution is -2.56. The van der Waals surface area contributed by atoms with Gasteiger partial charge in [0.25, 0.3) is 5.91 Å². The molecule has 1 aromatic carbocycles. The zero-order chi connectivity index (χ0) is 30.4. The Morgan fingerprint density at radius 2 is 1.81 bits per heavy atom. The summed E-state index contributed by atoms with van der Waals surface area (Å²) in [5.41, 5.74) is 1.09. The van der Waals surface area contributed by atoms with Crippen LogP contribution in [0.5, 0.6) is 11.5 Å². The van der Waals surface area contributed by atoms with Crippen molar-refractivity contribution in [3.63, 3.8) is 0 Å². The Bertz CT molecular complexity index is 1340. The highest BCUT2D eigenvalue weighted by atomic mass is 16.5. The minimum Gasteiger partial charge on any atom is -0.493 e. The normalized spacial score (nSPS) is 18.9. The molecule has 2 aromatic rings. The first kappa shape index (κ1) is 30.8. The molecule has 4 rings (SSSR count). The Balaban J connectivity index is 1.79. The number of carbonyl (C=O) groups excluding carboxylic acids is 4. The van der Waals surface area contributed by atoms with E-state index in [0.29, 0.717) is 41.9 Å². The standard InChI is InChI=1S/C30H39N5O7/c1-18(2)10-23-28(38)32-8-9-35(25(36)17-40-3)16-19-11-22(26(42-5)24(12-19)41-4)20-13-21(15-31-14-20)27(37)34-30(6-7-30)29(39)33-23/h11-15,18,23H,6-10,16-17H2,1-5H3,(H,32,38)(H,33,39)(H,34,37)/t23-/m1/s1. The van der Waals surface area contributed by atoms with Gasteiger partial charge in [0, 0.05) is 50.3 Å². The molecule has 2 aliphatic rings. The molecule has 1 aromatic heterocycles. The highest BCUT2D eigenvalue weighted by Gasteiger charge is 2.52. The van der Waals surface area contributed by atoms with Crippen LogP contribution in [0.3, 0.4) is 0 Å². The highest BCUT2D eigenvalue weighted by Crippen LogP contribution is 2.40. The van der Waals surface area contributed by atoms with Gasteiger partial charge in [-0.25, -0.2) is 0 Å². The SMILES string of the molecule is COCC(=O)N1CCNC(=O)[C@@H](CC(C)C)NC(=O)C2(CC2)NC(=O)c2cncc(c2)-c2cc(cc(OC)c2OC)C1. The molecule has 1 atom stereocenters. The van der Waals surface area contributed by atoms with Crippen LogP contribution in [-0.2, 0) is 25.7 Å². The maximum absolute atomic E-state index is 13.4. The van der Waals surface area contributed by atoms with E-state index < -0.39 is 23.4 Å². The van der Waals surface area contributed by atoms with Gasteiger partial charge in [0.2, 0.25) is 17.7 Å². The molecular weight excluding hydrogens is 542 g/mol. The molecule has 226 valence electrons. The van der Waals surface area contributed by atoms with Crippen LogP contribution in [-0.4, -0.2) is 86.1 Å². The van der Waals surface area contributed by atoms with Crippen LogP contribution in [0.25, 0.3) is 11.1 Å². The second-order valence-electron chi connectivity index (χ2n) is 11.1. The summed E-state index contributed by atoms with van der Waals surface area (Å²) in [5, 5.41) is 8.60. The van der Waals surface area contributed by atoms with Crippen LogP contribution in [0.4, 0.5) is 0 Å². The predicted molar refractivity (Wildman–Crippen MR) is 154 cm³/mol. The number of nitrogens with one attached hydrogen (secondary N) is 3. The molecule has 0 saturated heterocycles. The van der Waals surface area contributed by atoms with Crippen LogP contribution in [0.15, 0.2) is 30.6 Å². The lowest BCUT2D eigenvalue weighted by Gasteiger charge is -2.26. The van der Waals surface area contributed by atoms with E-state index in [2.05, 4.69) is 20.9 Å². The Morgan fingerprint density at radius 1 is 1.07 bits per heavy atom. The van der Waals surface area contributed by atoms with Gasteiger partial charge in [0.1, 0.15) is 18.2 Å². The molecule has 4 amide bonds. The summed E-state index contributed by atoms with van der Waals surface area (Å²) >= 11 is 0. The van der Waals surface area contributed by atoms with E-state index in [4.69, 9.17) is 14.2 Å². The minimum atomic E-state index is -1.10. The zero-order valence-electron chi connectivity index (χ0n) is 24.7. The number of methoxy groups -OCH3 is 3. The number of benzene rings is 1. The van der Waals surface area contributed by atoms with Gasteiger partial charge in [-0.05, 0) is 48.9 Å². The first-order chi connectivity index (χ1) is 20.1. The topological polar surface area (TPSA) is 148 Å². The lowest BCUT2D eigenvalue weighted by atomic mass is 10.00. The summed E-state index contributed by atoms with van der Waals surface area (Å²) in [6.45, 7) is 4.34. The van der Waals surface area contributed by atoms with Crippen molar-refractivity contribution in [3.8, 4) is 22.6 Å². The van der Waals surface area contributed by atoms with Gasteiger partial charge in [0.15, 0.2) is 11.5 Å². The number of pyridine rings is 1. The van der Waals surface area contributed by atoms with Crippen LogP contribution in [0.2, 0.25) is 0 Å². The zero-order valence-corrected chi connectivity index (χ0v) is 24.7. The monoisotopic (exact) mass is 581 g/mol.